The summed E-state index contributed by atoms with van der Waals surface area (Å²) in [5.74, 6) is 0.643. The highest BCUT2D eigenvalue weighted by Crippen LogP contribution is 2.15. The molecule has 1 aromatic carbocycles. The van der Waals surface area contributed by atoms with E-state index in [2.05, 4.69) is 10.3 Å². The molecule has 0 saturated carbocycles. The Morgan fingerprint density at radius 1 is 1.28 bits per heavy atom. The zero-order chi connectivity index (χ0) is 13.0. The molecule has 0 amide bonds. The molecular formula is C12H11N3O3. The molecule has 0 aliphatic carbocycles. The van der Waals surface area contributed by atoms with E-state index in [-0.39, 0.29) is 11.4 Å². The van der Waals surface area contributed by atoms with Crippen LogP contribution in [0.3, 0.4) is 0 Å². The molecular weight excluding hydrogens is 234 g/mol. The highest BCUT2D eigenvalue weighted by atomic mass is 16.6. The Balaban J connectivity index is 2.04. The molecule has 2 N–H and O–H groups in total. The van der Waals surface area contributed by atoms with Crippen LogP contribution in [0.5, 0.6) is 5.75 Å². The number of hydrogen-bond acceptors (Lipinski definition) is 5. The maximum atomic E-state index is 10.6. The summed E-state index contributed by atoms with van der Waals surface area (Å²) < 4.78 is 0. The Bertz CT molecular complexity index is 555. The van der Waals surface area contributed by atoms with E-state index in [0.717, 1.165) is 5.56 Å². The molecule has 0 radical (unpaired) electrons. The van der Waals surface area contributed by atoms with Crippen molar-refractivity contribution in [2.24, 2.45) is 0 Å². The summed E-state index contributed by atoms with van der Waals surface area (Å²) in [6, 6.07) is 9.40. The number of hydrogen-bond donors (Lipinski definition) is 2. The highest BCUT2D eigenvalue weighted by Gasteiger charge is 2.06. The first-order valence-corrected chi connectivity index (χ1v) is 5.27. The van der Waals surface area contributed by atoms with Crippen LogP contribution in [0, 0.1) is 10.1 Å². The van der Waals surface area contributed by atoms with Crippen LogP contribution in [0.25, 0.3) is 0 Å². The third-order valence-electron chi connectivity index (χ3n) is 2.36. The zero-order valence-electron chi connectivity index (χ0n) is 9.41. The zero-order valence-corrected chi connectivity index (χ0v) is 9.41. The molecule has 1 aromatic heterocycles. The van der Waals surface area contributed by atoms with Gasteiger partial charge in [0, 0.05) is 18.8 Å². The van der Waals surface area contributed by atoms with Gasteiger partial charge in [-0.05, 0) is 17.7 Å². The van der Waals surface area contributed by atoms with Crippen molar-refractivity contribution >= 4 is 11.5 Å². The van der Waals surface area contributed by atoms with E-state index in [1.807, 2.05) is 0 Å². The van der Waals surface area contributed by atoms with E-state index in [1.165, 1.54) is 18.3 Å². The summed E-state index contributed by atoms with van der Waals surface area (Å²) in [5, 5.41) is 22.7. The molecule has 0 spiro atoms. The van der Waals surface area contributed by atoms with E-state index >= 15 is 0 Å². The van der Waals surface area contributed by atoms with Crippen LogP contribution in [0.2, 0.25) is 0 Å². The number of phenolic OH excluding ortho intramolecular Hbond substituents is 1. The molecule has 18 heavy (non-hydrogen) atoms. The number of nitrogens with zero attached hydrogens (tertiary/aromatic N) is 2. The van der Waals surface area contributed by atoms with Gasteiger partial charge in [-0.1, -0.05) is 12.1 Å². The number of benzene rings is 1. The second kappa shape index (κ2) is 5.13. The van der Waals surface area contributed by atoms with Gasteiger partial charge >= 0.3 is 0 Å². The molecule has 0 aliphatic rings. The fourth-order valence-corrected chi connectivity index (χ4v) is 1.44. The van der Waals surface area contributed by atoms with E-state index in [4.69, 9.17) is 5.11 Å². The van der Waals surface area contributed by atoms with Crippen molar-refractivity contribution in [1.29, 1.82) is 0 Å². The number of pyridine rings is 1. The topological polar surface area (TPSA) is 88.3 Å². The highest BCUT2D eigenvalue weighted by molar-refractivity contribution is 5.44. The molecule has 92 valence electrons. The summed E-state index contributed by atoms with van der Waals surface area (Å²) in [6.45, 7) is 0.481. The predicted molar refractivity (Wildman–Crippen MR) is 66.3 cm³/mol. The van der Waals surface area contributed by atoms with Crippen molar-refractivity contribution < 1.29 is 10.0 Å². The molecule has 0 bridgehead atoms. The van der Waals surface area contributed by atoms with Crippen LogP contribution < -0.4 is 5.32 Å². The second-order valence-corrected chi connectivity index (χ2v) is 3.68. The lowest BCUT2D eigenvalue weighted by Gasteiger charge is -2.05. The van der Waals surface area contributed by atoms with Gasteiger partial charge in [0.15, 0.2) is 0 Å². The van der Waals surface area contributed by atoms with Crippen LogP contribution >= 0.6 is 0 Å². The van der Waals surface area contributed by atoms with Gasteiger partial charge in [0.25, 0.3) is 5.69 Å². The lowest BCUT2D eigenvalue weighted by Crippen LogP contribution is -2.01. The lowest BCUT2D eigenvalue weighted by molar-refractivity contribution is -0.384. The maximum Gasteiger partial charge on any atom is 0.274 e. The minimum atomic E-state index is -0.465. The normalized spacial score (nSPS) is 10.0. The molecule has 2 rings (SSSR count). The van der Waals surface area contributed by atoms with Gasteiger partial charge in [-0.2, -0.15) is 0 Å². The number of phenols is 1. The van der Waals surface area contributed by atoms with Gasteiger partial charge in [0.1, 0.15) is 11.6 Å². The Hall–Kier alpha value is -2.63. The summed E-state index contributed by atoms with van der Waals surface area (Å²) in [7, 11) is 0. The second-order valence-electron chi connectivity index (χ2n) is 3.68. The Kier molecular flexibility index (Phi) is 3.38. The Labute approximate surface area is 103 Å². The third-order valence-corrected chi connectivity index (χ3v) is 2.36. The summed E-state index contributed by atoms with van der Waals surface area (Å²) in [5.41, 5.74) is 0.944. The van der Waals surface area contributed by atoms with Crippen LogP contribution in [0.4, 0.5) is 11.5 Å². The average molecular weight is 245 g/mol. The molecule has 0 saturated heterocycles. The first-order chi connectivity index (χ1) is 8.65. The van der Waals surface area contributed by atoms with E-state index in [9.17, 15) is 10.1 Å². The van der Waals surface area contributed by atoms with Gasteiger partial charge in [0.2, 0.25) is 0 Å². The molecule has 0 unspecified atom stereocenters. The molecule has 6 heteroatoms. The smallest absolute Gasteiger partial charge is 0.274 e. The molecule has 1 heterocycles. The SMILES string of the molecule is O=[N+]([O-])c1ccnc(NCc2ccc(O)cc2)c1. The van der Waals surface area contributed by atoms with E-state index in [1.54, 1.807) is 24.3 Å². The third kappa shape index (κ3) is 2.94. The Morgan fingerprint density at radius 2 is 2.00 bits per heavy atom. The fraction of sp³-hybridized carbons (Fsp3) is 0.0833. The number of nitro groups is 1. The van der Waals surface area contributed by atoms with Crippen LogP contribution in [-0.4, -0.2) is 15.0 Å². The number of rotatable bonds is 4. The van der Waals surface area contributed by atoms with Gasteiger partial charge in [0.05, 0.1) is 11.0 Å². The predicted octanol–water partition coefficient (Wildman–Crippen LogP) is 2.31. The average Bonchev–Trinajstić information content (AvgIpc) is 2.38. The largest absolute Gasteiger partial charge is 0.508 e. The molecule has 0 fully saturated rings. The number of aromatic nitrogens is 1. The van der Waals surface area contributed by atoms with Crippen LogP contribution in [-0.2, 0) is 6.54 Å². The molecule has 0 atom stereocenters. The molecule has 0 aliphatic heterocycles. The van der Waals surface area contributed by atoms with Crippen molar-refractivity contribution in [3.05, 3.63) is 58.3 Å². The molecule has 2 aromatic rings. The van der Waals surface area contributed by atoms with E-state index in [0.29, 0.717) is 12.4 Å². The van der Waals surface area contributed by atoms with Crippen molar-refractivity contribution in [3.63, 3.8) is 0 Å². The maximum absolute atomic E-state index is 10.6. The minimum absolute atomic E-state index is 0.00166. The number of nitrogens with one attached hydrogen (secondary N) is 1. The monoisotopic (exact) mass is 245 g/mol. The summed E-state index contributed by atoms with van der Waals surface area (Å²) >= 11 is 0. The van der Waals surface area contributed by atoms with Gasteiger partial charge in [-0.15, -0.1) is 0 Å². The first kappa shape index (κ1) is 11.8. The fourth-order valence-electron chi connectivity index (χ4n) is 1.44. The summed E-state index contributed by atoms with van der Waals surface area (Å²) in [4.78, 5) is 14.1. The number of anilines is 1. The van der Waals surface area contributed by atoms with E-state index < -0.39 is 4.92 Å². The van der Waals surface area contributed by atoms with Gasteiger partial charge < -0.3 is 10.4 Å². The van der Waals surface area contributed by atoms with Crippen molar-refractivity contribution in [3.8, 4) is 5.75 Å². The van der Waals surface area contributed by atoms with Crippen molar-refractivity contribution in [1.82, 2.24) is 4.98 Å². The first-order valence-electron chi connectivity index (χ1n) is 5.27. The standard InChI is InChI=1S/C12H11N3O3/c16-11-3-1-9(2-4-11)8-14-12-7-10(15(17)18)5-6-13-12/h1-7,16H,8H2,(H,13,14). The number of aromatic hydroxyl groups is 1. The Morgan fingerprint density at radius 3 is 2.67 bits per heavy atom. The van der Waals surface area contributed by atoms with Gasteiger partial charge in [-0.25, -0.2) is 4.98 Å². The molecule has 6 nitrogen and oxygen atoms in total. The van der Waals surface area contributed by atoms with Crippen LogP contribution in [0.15, 0.2) is 42.6 Å². The van der Waals surface area contributed by atoms with Gasteiger partial charge in [-0.3, -0.25) is 10.1 Å². The summed E-state index contributed by atoms with van der Waals surface area (Å²) in [6.07, 6.45) is 1.39. The quantitative estimate of drug-likeness (QED) is 0.637. The minimum Gasteiger partial charge on any atom is -0.508 e. The van der Waals surface area contributed by atoms with Crippen molar-refractivity contribution in [2.75, 3.05) is 5.32 Å². The van der Waals surface area contributed by atoms with Crippen LogP contribution in [0.1, 0.15) is 5.56 Å². The lowest BCUT2D eigenvalue weighted by atomic mass is 10.2. The van der Waals surface area contributed by atoms with Crippen molar-refractivity contribution in [2.45, 2.75) is 6.54 Å².